The van der Waals surface area contributed by atoms with Gasteiger partial charge in [0.2, 0.25) is 0 Å². The molecule has 4 rings (SSSR count). The van der Waals surface area contributed by atoms with Crippen LogP contribution in [0.2, 0.25) is 0 Å². The minimum atomic E-state index is -0.303. The molecule has 1 aromatic carbocycles. The van der Waals surface area contributed by atoms with E-state index in [-0.39, 0.29) is 11.4 Å². The molecule has 3 heterocycles. The first-order valence-corrected chi connectivity index (χ1v) is 8.06. The molecule has 1 aliphatic rings. The zero-order valence-corrected chi connectivity index (χ0v) is 13.8. The molecule has 0 bridgehead atoms. The molecule has 8 heteroatoms. The minimum absolute atomic E-state index is 0.123. The fourth-order valence-electron chi connectivity index (χ4n) is 3.07. The number of aromatic nitrogens is 4. The number of hydrogen-bond acceptors (Lipinski definition) is 6. The van der Waals surface area contributed by atoms with E-state index in [0.717, 1.165) is 43.2 Å². The van der Waals surface area contributed by atoms with Gasteiger partial charge in [-0.2, -0.15) is 5.10 Å². The van der Waals surface area contributed by atoms with Crippen LogP contribution < -0.4 is 15.4 Å². The lowest BCUT2D eigenvalue weighted by molar-refractivity contribution is 0.620. The maximum atomic E-state index is 13.4. The highest BCUT2D eigenvalue weighted by Crippen LogP contribution is 2.25. The van der Waals surface area contributed by atoms with E-state index in [1.165, 1.54) is 29.2 Å². The molecule has 1 saturated heterocycles. The highest BCUT2D eigenvalue weighted by atomic mass is 19.1. The Hall–Kier alpha value is -3.03. The van der Waals surface area contributed by atoms with Crippen molar-refractivity contribution >= 4 is 22.5 Å². The largest absolute Gasteiger partial charge is 0.352 e. The second-order valence-electron chi connectivity index (χ2n) is 5.99. The summed E-state index contributed by atoms with van der Waals surface area (Å²) in [6, 6.07) is 7.86. The summed E-state index contributed by atoms with van der Waals surface area (Å²) in [7, 11) is 1.65. The fourth-order valence-corrected chi connectivity index (χ4v) is 3.07. The van der Waals surface area contributed by atoms with E-state index in [2.05, 4.69) is 24.9 Å². The molecule has 0 radical (unpaired) electrons. The van der Waals surface area contributed by atoms with Crippen molar-refractivity contribution in [1.29, 1.82) is 0 Å². The number of anilines is 2. The standard InChI is InChI=1S/C17H17FN6O/c1-22-16(25)5-4-15(21-22)23-6-8-24(9-7-23)17-13-3-2-12(18)10-14(13)19-11-20-17/h2-5,10-11H,6-9H2,1H3. The van der Waals surface area contributed by atoms with Crippen molar-refractivity contribution in [2.24, 2.45) is 7.05 Å². The zero-order valence-electron chi connectivity index (χ0n) is 13.8. The number of halogens is 1. The van der Waals surface area contributed by atoms with Crippen molar-refractivity contribution < 1.29 is 4.39 Å². The van der Waals surface area contributed by atoms with Crippen LogP contribution in [0, 0.1) is 5.82 Å². The van der Waals surface area contributed by atoms with Gasteiger partial charge in [-0.1, -0.05) is 0 Å². The molecular formula is C17H17FN6O. The molecule has 25 heavy (non-hydrogen) atoms. The molecule has 0 atom stereocenters. The molecule has 0 aliphatic carbocycles. The highest BCUT2D eigenvalue weighted by Gasteiger charge is 2.21. The lowest BCUT2D eigenvalue weighted by Crippen LogP contribution is -2.47. The van der Waals surface area contributed by atoms with E-state index < -0.39 is 0 Å². The summed E-state index contributed by atoms with van der Waals surface area (Å²) in [4.78, 5) is 24.3. The van der Waals surface area contributed by atoms with E-state index in [1.807, 2.05) is 0 Å². The summed E-state index contributed by atoms with van der Waals surface area (Å²) in [6.07, 6.45) is 1.47. The Morgan fingerprint density at radius 2 is 1.76 bits per heavy atom. The van der Waals surface area contributed by atoms with Crippen LogP contribution >= 0.6 is 0 Å². The molecule has 2 aromatic heterocycles. The normalized spacial score (nSPS) is 15.0. The summed E-state index contributed by atoms with van der Waals surface area (Å²) >= 11 is 0. The number of benzene rings is 1. The number of fused-ring (bicyclic) bond motifs is 1. The third-order valence-electron chi connectivity index (χ3n) is 4.43. The van der Waals surface area contributed by atoms with E-state index in [9.17, 15) is 9.18 Å². The molecule has 0 spiro atoms. The molecule has 7 nitrogen and oxygen atoms in total. The van der Waals surface area contributed by atoms with Crippen LogP contribution in [-0.4, -0.2) is 45.9 Å². The van der Waals surface area contributed by atoms with Crippen LogP contribution in [0.15, 0.2) is 41.5 Å². The minimum Gasteiger partial charge on any atom is -0.352 e. The van der Waals surface area contributed by atoms with Crippen LogP contribution in [0.5, 0.6) is 0 Å². The number of aryl methyl sites for hydroxylation is 1. The third-order valence-corrected chi connectivity index (χ3v) is 4.43. The number of piperazine rings is 1. The molecule has 1 aliphatic heterocycles. The summed E-state index contributed by atoms with van der Waals surface area (Å²) in [5, 5.41) is 5.14. The van der Waals surface area contributed by atoms with Gasteiger partial charge in [-0.05, 0) is 18.2 Å². The molecule has 0 amide bonds. The van der Waals surface area contributed by atoms with Crippen LogP contribution in [0.3, 0.4) is 0 Å². The van der Waals surface area contributed by atoms with Crippen molar-refractivity contribution in [2.75, 3.05) is 36.0 Å². The van der Waals surface area contributed by atoms with Gasteiger partial charge in [-0.15, -0.1) is 0 Å². The molecular weight excluding hydrogens is 323 g/mol. The average molecular weight is 340 g/mol. The maximum absolute atomic E-state index is 13.4. The van der Waals surface area contributed by atoms with Crippen LogP contribution in [0.25, 0.3) is 10.9 Å². The Bertz CT molecular complexity index is 980. The fraction of sp³-hybridized carbons (Fsp3) is 0.294. The monoisotopic (exact) mass is 340 g/mol. The molecule has 0 unspecified atom stereocenters. The number of hydrogen-bond donors (Lipinski definition) is 0. The van der Waals surface area contributed by atoms with Crippen LogP contribution in [-0.2, 0) is 7.05 Å². The molecule has 0 N–H and O–H groups in total. The predicted molar refractivity (Wildman–Crippen MR) is 93.4 cm³/mol. The SMILES string of the molecule is Cn1nc(N2CCN(c3ncnc4cc(F)ccc34)CC2)ccc1=O. The predicted octanol–water partition coefficient (Wildman–Crippen LogP) is 1.19. The Labute approximate surface area is 143 Å². The van der Waals surface area contributed by atoms with Gasteiger partial charge in [0.1, 0.15) is 23.8 Å². The maximum Gasteiger partial charge on any atom is 0.266 e. The Balaban J connectivity index is 1.56. The van der Waals surface area contributed by atoms with Crippen LogP contribution in [0.4, 0.5) is 16.0 Å². The average Bonchev–Trinajstić information content (AvgIpc) is 2.63. The lowest BCUT2D eigenvalue weighted by atomic mass is 10.2. The van der Waals surface area contributed by atoms with E-state index >= 15 is 0 Å². The van der Waals surface area contributed by atoms with Crippen molar-refractivity contribution in [3.63, 3.8) is 0 Å². The van der Waals surface area contributed by atoms with E-state index in [1.54, 1.807) is 19.2 Å². The van der Waals surface area contributed by atoms with Crippen molar-refractivity contribution in [1.82, 2.24) is 19.7 Å². The Morgan fingerprint density at radius 3 is 2.52 bits per heavy atom. The highest BCUT2D eigenvalue weighted by molar-refractivity contribution is 5.89. The first-order chi connectivity index (χ1) is 12.1. The second-order valence-corrected chi connectivity index (χ2v) is 5.99. The van der Waals surface area contributed by atoms with Gasteiger partial charge in [0, 0.05) is 50.7 Å². The summed E-state index contributed by atoms with van der Waals surface area (Å²) in [6.45, 7) is 3.04. The summed E-state index contributed by atoms with van der Waals surface area (Å²) in [5.74, 6) is 1.30. The van der Waals surface area contributed by atoms with Gasteiger partial charge >= 0.3 is 0 Å². The topological polar surface area (TPSA) is 67.2 Å². The molecule has 0 saturated carbocycles. The van der Waals surface area contributed by atoms with Gasteiger partial charge < -0.3 is 9.80 Å². The molecule has 1 fully saturated rings. The first-order valence-electron chi connectivity index (χ1n) is 8.06. The van der Waals surface area contributed by atoms with Crippen molar-refractivity contribution in [3.05, 3.63) is 52.8 Å². The summed E-state index contributed by atoms with van der Waals surface area (Å²) in [5.41, 5.74) is 0.481. The van der Waals surface area contributed by atoms with Crippen molar-refractivity contribution in [2.45, 2.75) is 0 Å². The van der Waals surface area contributed by atoms with Gasteiger partial charge in [0.05, 0.1) is 5.52 Å². The van der Waals surface area contributed by atoms with Crippen molar-refractivity contribution in [3.8, 4) is 0 Å². The smallest absolute Gasteiger partial charge is 0.266 e. The molecule has 3 aromatic rings. The Morgan fingerprint density at radius 1 is 1.00 bits per heavy atom. The zero-order chi connectivity index (χ0) is 17.4. The second kappa shape index (κ2) is 6.12. The molecule has 128 valence electrons. The van der Waals surface area contributed by atoms with Crippen LogP contribution in [0.1, 0.15) is 0 Å². The van der Waals surface area contributed by atoms with Gasteiger partial charge in [-0.25, -0.2) is 19.0 Å². The van der Waals surface area contributed by atoms with E-state index in [4.69, 9.17) is 0 Å². The van der Waals surface area contributed by atoms with Gasteiger partial charge in [0.15, 0.2) is 0 Å². The Kier molecular flexibility index (Phi) is 3.79. The first kappa shape index (κ1) is 15.5. The lowest BCUT2D eigenvalue weighted by Gasteiger charge is -2.36. The quantitative estimate of drug-likeness (QED) is 0.698. The summed E-state index contributed by atoms with van der Waals surface area (Å²) < 4.78 is 14.7. The van der Waals surface area contributed by atoms with Gasteiger partial charge in [0.25, 0.3) is 5.56 Å². The van der Waals surface area contributed by atoms with E-state index in [0.29, 0.717) is 5.52 Å². The third kappa shape index (κ3) is 2.90. The number of nitrogens with zero attached hydrogens (tertiary/aromatic N) is 6. The van der Waals surface area contributed by atoms with Gasteiger partial charge in [-0.3, -0.25) is 4.79 Å². The number of rotatable bonds is 2.